The average molecular weight is 892 g/mol. The van der Waals surface area contributed by atoms with Crippen LogP contribution in [0, 0.1) is 0 Å². The number of hydrogen-bond acceptors (Lipinski definition) is 4. The van der Waals surface area contributed by atoms with E-state index in [1.54, 1.807) is 0 Å². The molecule has 0 fully saturated rings. The van der Waals surface area contributed by atoms with Crippen molar-refractivity contribution in [3.05, 3.63) is 231 Å². The van der Waals surface area contributed by atoms with Gasteiger partial charge in [-0.15, -0.1) is 11.3 Å². The van der Waals surface area contributed by atoms with Gasteiger partial charge in [0.25, 0.3) is 6.71 Å². The lowest BCUT2D eigenvalue weighted by Crippen LogP contribution is -2.77. The molecule has 2 nitrogen and oxygen atoms in total. The van der Waals surface area contributed by atoms with Gasteiger partial charge < -0.3 is 9.64 Å². The van der Waals surface area contributed by atoms with Crippen LogP contribution in [0.5, 0.6) is 11.5 Å². The van der Waals surface area contributed by atoms with Crippen molar-refractivity contribution in [2.45, 2.75) is 9.79 Å². The average Bonchev–Trinajstić information content (AvgIpc) is 3.76. The van der Waals surface area contributed by atoms with Crippen molar-refractivity contribution in [2.24, 2.45) is 0 Å². The van der Waals surface area contributed by atoms with E-state index >= 15 is 0 Å². The molecule has 10 aromatic carbocycles. The number of fused-ring (bicyclic) bond motifs is 9. The number of nitrogens with zero attached hydrogens (tertiary/aromatic N) is 1. The molecule has 0 aliphatic carbocycles. The summed E-state index contributed by atoms with van der Waals surface area (Å²) < 4.78 is 9.24. The molecule has 11 aromatic rings. The minimum Gasteiger partial charge on any atom is -0.458 e. The van der Waals surface area contributed by atoms with E-state index < -0.39 is 8.07 Å². The fraction of sp³-hybridized carbons (Fsp3) is 0. The van der Waals surface area contributed by atoms with Gasteiger partial charge in [0.2, 0.25) is 0 Å². The summed E-state index contributed by atoms with van der Waals surface area (Å²) in [5, 5.41) is 8.12. The topological polar surface area (TPSA) is 12.5 Å². The molecule has 0 atom stereocenters. The van der Waals surface area contributed by atoms with Gasteiger partial charge in [-0.25, -0.2) is 0 Å². The van der Waals surface area contributed by atoms with Gasteiger partial charge in [0.05, 0.1) is 0 Å². The van der Waals surface area contributed by atoms with Crippen LogP contribution in [0.25, 0.3) is 42.4 Å². The zero-order valence-electron chi connectivity index (χ0n) is 35.7. The van der Waals surface area contributed by atoms with Gasteiger partial charge in [0, 0.05) is 47.0 Å². The van der Waals surface area contributed by atoms with Gasteiger partial charge in [-0.3, -0.25) is 0 Å². The molecular weight excluding hydrogens is 854 g/mol. The minimum absolute atomic E-state index is 0.0508. The molecule has 1 aromatic heterocycles. The van der Waals surface area contributed by atoms with Crippen LogP contribution in [-0.4, -0.2) is 14.8 Å². The fourth-order valence-corrected chi connectivity index (χ4v) is 18.6. The van der Waals surface area contributed by atoms with Crippen LogP contribution in [0.15, 0.2) is 240 Å². The Bertz CT molecular complexity index is 3690. The van der Waals surface area contributed by atoms with Crippen molar-refractivity contribution in [1.82, 2.24) is 0 Å². The van der Waals surface area contributed by atoms with Gasteiger partial charge in [-0.1, -0.05) is 187 Å². The molecule has 66 heavy (non-hydrogen) atoms. The van der Waals surface area contributed by atoms with Crippen molar-refractivity contribution in [2.75, 3.05) is 4.90 Å². The number of hydrogen-bond donors (Lipinski definition) is 0. The molecule has 0 bridgehead atoms. The van der Waals surface area contributed by atoms with Crippen molar-refractivity contribution < 1.29 is 4.74 Å². The summed E-state index contributed by atoms with van der Waals surface area (Å²) in [6, 6.07) is 86.5. The van der Waals surface area contributed by atoms with E-state index in [1.165, 1.54) is 101 Å². The van der Waals surface area contributed by atoms with E-state index in [1.807, 2.05) is 23.1 Å². The second-order valence-corrected chi connectivity index (χ2v) is 23.4. The molecule has 0 amide bonds. The molecule has 4 heterocycles. The highest BCUT2D eigenvalue weighted by Gasteiger charge is 2.49. The van der Waals surface area contributed by atoms with Gasteiger partial charge in [0.1, 0.15) is 11.5 Å². The Kier molecular flexibility index (Phi) is 8.54. The lowest BCUT2D eigenvalue weighted by molar-refractivity contribution is 0.486. The molecule has 0 saturated carbocycles. The standard InChI is InChI=1S/C60H38BNOS2Si/c1-4-15-39(16-5-1)41-28-32-50-58(36-41)66(44-17-6-2-7-18-44,45-19-8-3-9-20-45)59-37-42(40-27-31-47-46-21-10-13-25-54(46)64-57(47)35-40)29-33-51(59)62(50)43-30-34-55-49(38-43)61-48-22-11-12-23-52(48)63-53-24-14-26-56(65-55)60(53)61/h1-38H. The predicted molar refractivity (Wildman–Crippen MR) is 284 cm³/mol. The molecule has 0 spiro atoms. The maximum absolute atomic E-state index is 6.60. The van der Waals surface area contributed by atoms with E-state index in [-0.39, 0.29) is 6.71 Å². The minimum atomic E-state index is -3.06. The Balaban J connectivity index is 1.06. The second kappa shape index (κ2) is 14.8. The lowest BCUT2D eigenvalue weighted by Gasteiger charge is -2.45. The highest BCUT2D eigenvalue weighted by Crippen LogP contribution is 2.44. The molecule has 0 radical (unpaired) electrons. The molecule has 14 rings (SSSR count). The van der Waals surface area contributed by atoms with Crippen LogP contribution in [0.4, 0.5) is 17.1 Å². The molecule has 6 heteroatoms. The van der Waals surface area contributed by atoms with Gasteiger partial charge in [-0.05, 0) is 115 Å². The molecule has 3 aliphatic heterocycles. The van der Waals surface area contributed by atoms with Crippen molar-refractivity contribution >= 4 is 112 Å². The van der Waals surface area contributed by atoms with Gasteiger partial charge >= 0.3 is 0 Å². The molecule has 0 unspecified atom stereocenters. The summed E-state index contributed by atoms with van der Waals surface area (Å²) in [4.78, 5) is 5.12. The number of thiophene rings is 1. The summed E-state index contributed by atoms with van der Waals surface area (Å²) in [5.74, 6) is 1.88. The van der Waals surface area contributed by atoms with E-state index in [2.05, 4.69) is 235 Å². The van der Waals surface area contributed by atoms with Crippen LogP contribution in [0.3, 0.4) is 0 Å². The van der Waals surface area contributed by atoms with E-state index in [4.69, 9.17) is 4.74 Å². The second-order valence-electron chi connectivity index (χ2n) is 17.5. The van der Waals surface area contributed by atoms with Crippen LogP contribution >= 0.6 is 23.1 Å². The van der Waals surface area contributed by atoms with Crippen LogP contribution in [0.2, 0.25) is 0 Å². The summed E-state index contributed by atoms with van der Waals surface area (Å²) in [6.45, 7) is 0.0508. The molecule has 308 valence electrons. The lowest BCUT2D eigenvalue weighted by atomic mass is 9.35. The van der Waals surface area contributed by atoms with Gasteiger partial charge in [-0.2, -0.15) is 0 Å². The first-order valence-corrected chi connectivity index (χ1v) is 26.2. The quantitative estimate of drug-likeness (QED) is 0.160. The fourth-order valence-electron chi connectivity index (χ4n) is 11.2. The van der Waals surface area contributed by atoms with Crippen molar-refractivity contribution in [3.63, 3.8) is 0 Å². The smallest absolute Gasteiger partial charge is 0.253 e. The van der Waals surface area contributed by atoms with Crippen LogP contribution in [-0.2, 0) is 0 Å². The maximum atomic E-state index is 6.60. The molecule has 0 N–H and O–H groups in total. The van der Waals surface area contributed by atoms with Crippen LogP contribution in [0.1, 0.15) is 0 Å². The molecule has 0 saturated heterocycles. The third kappa shape index (κ3) is 5.62. The number of rotatable bonds is 5. The summed E-state index contributed by atoms with van der Waals surface area (Å²) in [5.41, 5.74) is 12.3. The van der Waals surface area contributed by atoms with E-state index in [0.717, 1.165) is 17.2 Å². The Hall–Kier alpha value is -7.35. The molecule has 3 aliphatic rings. The number of ether oxygens (including phenoxy) is 1. The zero-order chi connectivity index (χ0) is 43.3. The van der Waals surface area contributed by atoms with Gasteiger partial charge in [0.15, 0.2) is 8.07 Å². The van der Waals surface area contributed by atoms with Crippen molar-refractivity contribution in [3.8, 4) is 33.8 Å². The highest BCUT2D eigenvalue weighted by molar-refractivity contribution is 8.00. The van der Waals surface area contributed by atoms with Crippen molar-refractivity contribution in [1.29, 1.82) is 0 Å². The van der Waals surface area contributed by atoms with E-state index in [0.29, 0.717) is 0 Å². The monoisotopic (exact) mass is 891 g/mol. The predicted octanol–water partition coefficient (Wildman–Crippen LogP) is 11.6. The Labute approximate surface area is 393 Å². The Morgan fingerprint density at radius 2 is 1.02 bits per heavy atom. The summed E-state index contributed by atoms with van der Waals surface area (Å²) >= 11 is 3.74. The number of benzene rings is 10. The first-order chi connectivity index (χ1) is 32.7. The van der Waals surface area contributed by atoms with E-state index in [9.17, 15) is 0 Å². The Morgan fingerprint density at radius 3 is 1.77 bits per heavy atom. The normalized spacial score (nSPS) is 13.9. The summed E-state index contributed by atoms with van der Waals surface area (Å²) in [6.07, 6.45) is 0. The third-order valence-electron chi connectivity index (χ3n) is 14.1. The number of anilines is 3. The molecular formula is C60H38BNOS2Si. The third-order valence-corrected chi connectivity index (χ3v) is 21.2. The van der Waals surface area contributed by atoms with Crippen LogP contribution < -0.4 is 46.8 Å². The first-order valence-electron chi connectivity index (χ1n) is 22.6. The highest BCUT2D eigenvalue weighted by atomic mass is 32.2. The first kappa shape index (κ1) is 38.0. The maximum Gasteiger partial charge on any atom is 0.253 e. The summed E-state index contributed by atoms with van der Waals surface area (Å²) in [7, 11) is -3.06. The SMILES string of the molecule is c1ccc(-c2ccc3c(c2)[Si](c2ccccc2)(c2ccccc2)c2cc(-c4ccc5c(c4)sc4ccccc45)ccc2N3c2ccc3c(c2)B2c4ccccc4Oc4cccc(c42)S3)cc1. The number of para-hydroxylation sites is 1. The largest absolute Gasteiger partial charge is 0.458 e. The zero-order valence-corrected chi connectivity index (χ0v) is 38.3. The Morgan fingerprint density at radius 1 is 0.409 bits per heavy atom.